The molecule has 0 saturated heterocycles. The normalized spacial score (nSPS) is 10.3. The van der Waals surface area contributed by atoms with Crippen LogP contribution in [0.5, 0.6) is 11.5 Å². The van der Waals surface area contributed by atoms with Crippen LogP contribution in [0.15, 0.2) is 23.1 Å². The van der Waals surface area contributed by atoms with Gasteiger partial charge in [-0.1, -0.05) is 0 Å². The van der Waals surface area contributed by atoms with Gasteiger partial charge in [0.15, 0.2) is 0 Å². The zero-order chi connectivity index (χ0) is 10.8. The minimum atomic E-state index is -4.23. The SMILES string of the molecule is COc1cc(OC)cc(S(=O)(=O)O)c1.[NaH]. The van der Waals surface area contributed by atoms with E-state index in [0.717, 1.165) is 0 Å². The fourth-order valence-electron chi connectivity index (χ4n) is 0.930. The summed E-state index contributed by atoms with van der Waals surface area (Å²) in [6.07, 6.45) is 0. The van der Waals surface area contributed by atoms with Gasteiger partial charge in [-0.05, 0) is 0 Å². The molecule has 1 aromatic carbocycles. The van der Waals surface area contributed by atoms with Crippen molar-refractivity contribution in [3.8, 4) is 11.5 Å². The van der Waals surface area contributed by atoms with Crippen LogP contribution in [0.2, 0.25) is 0 Å². The van der Waals surface area contributed by atoms with Crippen LogP contribution in [0.1, 0.15) is 0 Å². The molecule has 1 aromatic rings. The van der Waals surface area contributed by atoms with Gasteiger partial charge < -0.3 is 9.47 Å². The Bertz CT molecular complexity index is 406. The molecule has 0 aromatic heterocycles. The van der Waals surface area contributed by atoms with Crippen LogP contribution in [0.4, 0.5) is 0 Å². The molecule has 0 fully saturated rings. The van der Waals surface area contributed by atoms with Crippen molar-refractivity contribution in [1.29, 1.82) is 0 Å². The molecule has 0 amide bonds. The number of hydrogen-bond acceptors (Lipinski definition) is 4. The standard InChI is InChI=1S/C8H10O5S.Na.H/c1-12-6-3-7(13-2)5-8(4-6)14(9,10)11;;/h3-5H,1-2H3,(H,9,10,11);;. The third-order valence-corrected chi connectivity index (χ3v) is 2.45. The van der Waals surface area contributed by atoms with E-state index in [1.54, 1.807) is 0 Å². The molecular formula is C8H11NaO5S. The summed E-state index contributed by atoms with van der Waals surface area (Å²) >= 11 is 0. The van der Waals surface area contributed by atoms with Gasteiger partial charge in [-0.2, -0.15) is 8.42 Å². The summed E-state index contributed by atoms with van der Waals surface area (Å²) in [7, 11) is -1.45. The molecule has 0 bridgehead atoms. The summed E-state index contributed by atoms with van der Waals surface area (Å²) in [5.74, 6) is 0.606. The molecule has 0 aliphatic rings. The first-order chi connectivity index (χ1) is 6.47. The zero-order valence-corrected chi connectivity index (χ0v) is 8.54. The molecule has 15 heavy (non-hydrogen) atoms. The van der Waals surface area contributed by atoms with E-state index in [2.05, 4.69) is 0 Å². The third kappa shape index (κ3) is 4.00. The number of methoxy groups -OCH3 is 2. The van der Waals surface area contributed by atoms with Crippen molar-refractivity contribution < 1.29 is 22.4 Å². The first-order valence-electron chi connectivity index (χ1n) is 3.68. The molecule has 0 atom stereocenters. The predicted octanol–water partition coefficient (Wildman–Crippen LogP) is 0.302. The molecule has 0 unspecified atom stereocenters. The molecule has 1 rings (SSSR count). The molecule has 80 valence electrons. The second-order valence-corrected chi connectivity index (χ2v) is 3.94. The van der Waals surface area contributed by atoms with E-state index < -0.39 is 10.1 Å². The molecule has 5 nitrogen and oxygen atoms in total. The average molecular weight is 242 g/mol. The third-order valence-electron chi connectivity index (χ3n) is 1.62. The molecule has 7 heteroatoms. The van der Waals surface area contributed by atoms with E-state index in [1.165, 1.54) is 32.4 Å². The fourth-order valence-corrected chi connectivity index (χ4v) is 1.46. The van der Waals surface area contributed by atoms with Crippen molar-refractivity contribution in [2.75, 3.05) is 14.2 Å². The molecule has 0 aliphatic heterocycles. The van der Waals surface area contributed by atoms with Gasteiger partial charge in [-0.15, -0.1) is 0 Å². The van der Waals surface area contributed by atoms with Crippen molar-refractivity contribution in [1.82, 2.24) is 0 Å². The topological polar surface area (TPSA) is 72.8 Å². The Kier molecular flexibility index (Phi) is 5.61. The van der Waals surface area contributed by atoms with Crippen molar-refractivity contribution in [2.45, 2.75) is 4.90 Å². The van der Waals surface area contributed by atoms with Crippen molar-refractivity contribution in [2.24, 2.45) is 0 Å². The van der Waals surface area contributed by atoms with Crippen molar-refractivity contribution in [3.05, 3.63) is 18.2 Å². The summed E-state index contributed by atoms with van der Waals surface area (Å²) in [5, 5.41) is 0. The van der Waals surface area contributed by atoms with E-state index in [1.807, 2.05) is 0 Å². The Morgan fingerprint density at radius 3 is 1.73 bits per heavy atom. The Labute approximate surface area is 110 Å². The first-order valence-corrected chi connectivity index (χ1v) is 5.12. The molecule has 0 spiro atoms. The first kappa shape index (κ1) is 14.7. The van der Waals surface area contributed by atoms with E-state index >= 15 is 0 Å². The van der Waals surface area contributed by atoms with Gasteiger partial charge in [0, 0.05) is 18.2 Å². The summed E-state index contributed by atoms with van der Waals surface area (Å²) in [4.78, 5) is -0.256. The van der Waals surface area contributed by atoms with Crippen LogP contribution in [0.25, 0.3) is 0 Å². The second kappa shape index (κ2) is 5.72. The van der Waals surface area contributed by atoms with E-state index in [0.29, 0.717) is 11.5 Å². The van der Waals surface area contributed by atoms with Crippen LogP contribution in [0.3, 0.4) is 0 Å². The quantitative estimate of drug-likeness (QED) is 0.609. The number of hydrogen-bond donors (Lipinski definition) is 1. The van der Waals surface area contributed by atoms with Gasteiger partial charge in [0.2, 0.25) is 0 Å². The fraction of sp³-hybridized carbons (Fsp3) is 0.250. The van der Waals surface area contributed by atoms with Crippen molar-refractivity contribution >= 4 is 39.7 Å². The molecule has 0 aliphatic carbocycles. The summed E-state index contributed by atoms with van der Waals surface area (Å²) < 4.78 is 40.1. The molecular weight excluding hydrogens is 231 g/mol. The second-order valence-electron chi connectivity index (χ2n) is 2.52. The Morgan fingerprint density at radius 1 is 1.07 bits per heavy atom. The van der Waals surface area contributed by atoms with Crippen LogP contribution in [-0.4, -0.2) is 56.7 Å². The molecule has 0 heterocycles. The van der Waals surface area contributed by atoms with Gasteiger partial charge in [-0.3, -0.25) is 4.55 Å². The van der Waals surface area contributed by atoms with Crippen LogP contribution < -0.4 is 9.47 Å². The number of benzene rings is 1. The summed E-state index contributed by atoms with van der Waals surface area (Å²) in [5.41, 5.74) is 0. The van der Waals surface area contributed by atoms with Gasteiger partial charge in [-0.25, -0.2) is 0 Å². The van der Waals surface area contributed by atoms with Gasteiger partial charge in [0.25, 0.3) is 10.1 Å². The van der Waals surface area contributed by atoms with E-state index in [4.69, 9.17) is 14.0 Å². The Morgan fingerprint density at radius 2 is 1.47 bits per heavy atom. The number of rotatable bonds is 3. The molecule has 0 saturated carbocycles. The van der Waals surface area contributed by atoms with Crippen LogP contribution in [-0.2, 0) is 10.1 Å². The summed E-state index contributed by atoms with van der Waals surface area (Å²) in [6, 6.07) is 3.92. The van der Waals surface area contributed by atoms with Crippen molar-refractivity contribution in [3.63, 3.8) is 0 Å². The van der Waals surface area contributed by atoms with Gasteiger partial charge in [0.1, 0.15) is 16.4 Å². The number of ether oxygens (including phenoxy) is 2. The molecule has 1 N–H and O–H groups in total. The van der Waals surface area contributed by atoms with Crippen LogP contribution >= 0.6 is 0 Å². The minimum absolute atomic E-state index is 0. The maximum atomic E-state index is 10.8. The molecule has 0 radical (unpaired) electrons. The van der Waals surface area contributed by atoms with Crippen LogP contribution in [0, 0.1) is 0 Å². The Hall–Kier alpha value is -0.270. The maximum absolute atomic E-state index is 10.8. The predicted molar refractivity (Wildman–Crippen MR) is 56.5 cm³/mol. The summed E-state index contributed by atoms with van der Waals surface area (Å²) in [6.45, 7) is 0. The Balaban J connectivity index is 0.00000196. The van der Waals surface area contributed by atoms with E-state index in [-0.39, 0.29) is 34.5 Å². The zero-order valence-electron chi connectivity index (χ0n) is 7.72. The monoisotopic (exact) mass is 242 g/mol. The van der Waals surface area contributed by atoms with Gasteiger partial charge >= 0.3 is 29.6 Å². The van der Waals surface area contributed by atoms with E-state index in [9.17, 15) is 8.42 Å². The average Bonchev–Trinajstić information content (AvgIpc) is 2.15. The van der Waals surface area contributed by atoms with Gasteiger partial charge in [0.05, 0.1) is 14.2 Å².